The number of aromatic nitrogens is 4. The number of carbonyl (C=O) groups is 1. The first-order valence-electron chi connectivity index (χ1n) is 9.43. The Balaban J connectivity index is 1.62. The van der Waals surface area contributed by atoms with Crippen LogP contribution >= 0.6 is 11.8 Å². The molecular formula is C18H25N5O3S2. The summed E-state index contributed by atoms with van der Waals surface area (Å²) >= 11 is 1.25. The summed E-state index contributed by atoms with van der Waals surface area (Å²) in [5.74, 6) is -0.0684. The van der Waals surface area contributed by atoms with Crippen LogP contribution in [-0.4, -0.2) is 57.3 Å². The molecule has 1 N–H and O–H groups in total. The smallest absolute Gasteiger partial charge is 0.233 e. The van der Waals surface area contributed by atoms with E-state index in [1.54, 1.807) is 11.6 Å². The average molecular weight is 424 g/mol. The lowest BCUT2D eigenvalue weighted by Crippen LogP contribution is -2.40. The molecule has 28 heavy (non-hydrogen) atoms. The Morgan fingerprint density at radius 2 is 2.11 bits per heavy atom. The maximum absolute atomic E-state index is 12.4. The molecule has 1 aliphatic rings. The van der Waals surface area contributed by atoms with Crippen LogP contribution in [0.25, 0.3) is 5.69 Å². The topological polar surface area (TPSA) is 107 Å². The molecule has 1 amide bonds. The molecule has 8 nitrogen and oxygen atoms in total. The minimum Gasteiger partial charge on any atom is -0.351 e. The standard InChI is InChI=1S/C18H25N5O3S2/c1-3-4-5-14-6-8-16(9-7-14)23-18(20-21-22-23)27-13(2)17(24)19-15-10-11-28(25,26)12-15/h6-9,13,15H,3-5,10-12H2,1-2H3,(H,19,24)/t13-,15+/m1/s1. The van der Waals surface area contributed by atoms with E-state index in [-0.39, 0.29) is 23.5 Å². The summed E-state index contributed by atoms with van der Waals surface area (Å²) in [4.78, 5) is 12.4. The number of thioether (sulfide) groups is 1. The van der Waals surface area contributed by atoms with E-state index in [4.69, 9.17) is 0 Å². The fourth-order valence-electron chi connectivity index (χ4n) is 3.04. The molecule has 1 aromatic heterocycles. The van der Waals surface area contributed by atoms with Gasteiger partial charge in [0.1, 0.15) is 0 Å². The van der Waals surface area contributed by atoms with E-state index in [0.717, 1.165) is 24.9 Å². The molecule has 1 aromatic carbocycles. The van der Waals surface area contributed by atoms with Crippen molar-refractivity contribution in [2.75, 3.05) is 11.5 Å². The number of nitrogens with zero attached hydrogens (tertiary/aromatic N) is 4. The normalized spacial score (nSPS) is 19.4. The third-order valence-electron chi connectivity index (χ3n) is 4.67. The second-order valence-corrected chi connectivity index (χ2v) is 10.5. The predicted octanol–water partition coefficient (Wildman–Crippen LogP) is 1.79. The van der Waals surface area contributed by atoms with Crippen LogP contribution in [0, 0.1) is 0 Å². The van der Waals surface area contributed by atoms with Gasteiger partial charge in [0.05, 0.1) is 22.4 Å². The van der Waals surface area contributed by atoms with E-state index in [0.29, 0.717) is 11.6 Å². The number of hydrogen-bond acceptors (Lipinski definition) is 7. The number of amides is 1. The summed E-state index contributed by atoms with van der Waals surface area (Å²) in [6.45, 7) is 3.93. The van der Waals surface area contributed by atoms with Crippen molar-refractivity contribution in [2.24, 2.45) is 0 Å². The van der Waals surface area contributed by atoms with Gasteiger partial charge in [-0.3, -0.25) is 4.79 Å². The van der Waals surface area contributed by atoms with Gasteiger partial charge in [0.2, 0.25) is 11.1 Å². The van der Waals surface area contributed by atoms with Gasteiger partial charge < -0.3 is 5.32 Å². The lowest BCUT2D eigenvalue weighted by atomic mass is 10.1. The summed E-state index contributed by atoms with van der Waals surface area (Å²) in [5.41, 5.74) is 2.11. The molecule has 0 aliphatic carbocycles. The second kappa shape index (κ2) is 9.04. The molecule has 0 saturated carbocycles. The van der Waals surface area contributed by atoms with E-state index < -0.39 is 15.1 Å². The molecule has 1 fully saturated rings. The molecule has 0 bridgehead atoms. The molecule has 3 rings (SSSR count). The molecule has 0 unspecified atom stereocenters. The third-order valence-corrected chi connectivity index (χ3v) is 7.47. The number of carbonyl (C=O) groups excluding carboxylic acids is 1. The van der Waals surface area contributed by atoms with Gasteiger partial charge >= 0.3 is 0 Å². The highest BCUT2D eigenvalue weighted by molar-refractivity contribution is 8.00. The van der Waals surface area contributed by atoms with Gasteiger partial charge in [-0.2, -0.15) is 4.68 Å². The van der Waals surface area contributed by atoms with Crippen LogP contribution in [0.5, 0.6) is 0 Å². The number of nitrogens with one attached hydrogen (secondary N) is 1. The van der Waals surface area contributed by atoms with Crippen LogP contribution < -0.4 is 5.32 Å². The minimum atomic E-state index is -3.03. The highest BCUT2D eigenvalue weighted by Crippen LogP contribution is 2.24. The van der Waals surface area contributed by atoms with Crippen LogP contribution in [0.15, 0.2) is 29.4 Å². The van der Waals surface area contributed by atoms with Crippen LogP contribution in [0.1, 0.15) is 38.7 Å². The maximum Gasteiger partial charge on any atom is 0.233 e. The van der Waals surface area contributed by atoms with Crippen molar-refractivity contribution in [2.45, 2.75) is 56.0 Å². The fraction of sp³-hybridized carbons (Fsp3) is 0.556. The second-order valence-electron chi connectivity index (χ2n) is 7.01. The molecule has 1 aliphatic heterocycles. The Morgan fingerprint density at radius 1 is 1.36 bits per heavy atom. The van der Waals surface area contributed by atoms with Crippen LogP contribution in [0.4, 0.5) is 0 Å². The van der Waals surface area contributed by atoms with Crippen LogP contribution in [-0.2, 0) is 21.1 Å². The predicted molar refractivity (Wildman–Crippen MR) is 108 cm³/mol. The monoisotopic (exact) mass is 423 g/mol. The molecular weight excluding hydrogens is 398 g/mol. The van der Waals surface area contributed by atoms with Crippen molar-refractivity contribution in [1.29, 1.82) is 0 Å². The molecule has 2 atom stereocenters. The zero-order valence-corrected chi connectivity index (χ0v) is 17.7. The lowest BCUT2D eigenvalue weighted by Gasteiger charge is -2.15. The summed E-state index contributed by atoms with van der Waals surface area (Å²) < 4.78 is 24.7. The van der Waals surface area contributed by atoms with Crippen molar-refractivity contribution in [3.63, 3.8) is 0 Å². The Hall–Kier alpha value is -1.94. The third kappa shape index (κ3) is 5.32. The summed E-state index contributed by atoms with van der Waals surface area (Å²) in [5, 5.41) is 14.7. The Bertz CT molecular complexity index is 912. The Kier molecular flexibility index (Phi) is 6.71. The fourth-order valence-corrected chi connectivity index (χ4v) is 5.53. The van der Waals surface area contributed by atoms with Crippen molar-refractivity contribution >= 4 is 27.5 Å². The van der Waals surface area contributed by atoms with Crippen molar-refractivity contribution in [1.82, 2.24) is 25.5 Å². The van der Waals surface area contributed by atoms with Gasteiger partial charge in [0, 0.05) is 6.04 Å². The first kappa shape index (κ1) is 20.8. The highest BCUT2D eigenvalue weighted by atomic mass is 32.2. The SMILES string of the molecule is CCCCc1ccc(-n2nnnc2S[C@H](C)C(=O)N[C@H]2CCS(=O)(=O)C2)cc1. The van der Waals surface area contributed by atoms with Gasteiger partial charge in [-0.15, -0.1) is 5.10 Å². The van der Waals surface area contributed by atoms with E-state index in [9.17, 15) is 13.2 Å². The number of hydrogen-bond donors (Lipinski definition) is 1. The van der Waals surface area contributed by atoms with Crippen LogP contribution in [0.2, 0.25) is 0 Å². The van der Waals surface area contributed by atoms with E-state index in [2.05, 4.69) is 39.9 Å². The van der Waals surface area contributed by atoms with Gasteiger partial charge in [0.25, 0.3) is 0 Å². The van der Waals surface area contributed by atoms with Gasteiger partial charge in [-0.05, 0) is 54.3 Å². The maximum atomic E-state index is 12.4. The molecule has 2 heterocycles. The van der Waals surface area contributed by atoms with Crippen molar-refractivity contribution < 1.29 is 13.2 Å². The largest absolute Gasteiger partial charge is 0.351 e. The molecule has 1 saturated heterocycles. The number of benzene rings is 1. The Labute approximate surface area is 169 Å². The summed E-state index contributed by atoms with van der Waals surface area (Å²) in [6.07, 6.45) is 3.82. The van der Waals surface area contributed by atoms with E-state index >= 15 is 0 Å². The zero-order valence-electron chi connectivity index (χ0n) is 16.0. The van der Waals surface area contributed by atoms with Crippen molar-refractivity contribution in [3.8, 4) is 5.69 Å². The van der Waals surface area contributed by atoms with Gasteiger partial charge in [0.15, 0.2) is 9.84 Å². The molecule has 0 radical (unpaired) electrons. The van der Waals surface area contributed by atoms with Gasteiger partial charge in [-0.25, -0.2) is 8.42 Å². The number of tetrazole rings is 1. The summed E-state index contributed by atoms with van der Waals surface area (Å²) in [6, 6.07) is 7.77. The lowest BCUT2D eigenvalue weighted by molar-refractivity contribution is -0.120. The zero-order chi connectivity index (χ0) is 20.1. The Morgan fingerprint density at radius 3 is 2.75 bits per heavy atom. The van der Waals surface area contributed by atoms with E-state index in [1.165, 1.54) is 17.3 Å². The van der Waals surface area contributed by atoms with E-state index in [1.807, 2.05) is 12.1 Å². The first-order chi connectivity index (χ1) is 13.4. The molecule has 2 aromatic rings. The number of aryl methyl sites for hydroxylation is 1. The quantitative estimate of drug-likeness (QED) is 0.645. The number of rotatable bonds is 8. The average Bonchev–Trinajstić information content (AvgIpc) is 3.26. The number of unbranched alkanes of at least 4 members (excludes halogenated alkanes) is 1. The first-order valence-corrected chi connectivity index (χ1v) is 12.1. The van der Waals surface area contributed by atoms with Crippen molar-refractivity contribution in [3.05, 3.63) is 29.8 Å². The molecule has 0 spiro atoms. The highest BCUT2D eigenvalue weighted by Gasteiger charge is 2.30. The summed E-state index contributed by atoms with van der Waals surface area (Å²) in [7, 11) is -3.03. The minimum absolute atomic E-state index is 0.0121. The van der Waals surface area contributed by atoms with Gasteiger partial charge in [-0.1, -0.05) is 37.2 Å². The molecule has 152 valence electrons. The molecule has 10 heteroatoms. The number of sulfone groups is 1. The van der Waals surface area contributed by atoms with Crippen LogP contribution in [0.3, 0.4) is 0 Å².